The van der Waals surface area contributed by atoms with Gasteiger partial charge in [-0.25, -0.2) is 9.18 Å². The first-order chi connectivity index (χ1) is 10.4. The van der Waals surface area contributed by atoms with Gasteiger partial charge in [0.1, 0.15) is 5.82 Å². The molecule has 1 unspecified atom stereocenters. The number of nitrogens with zero attached hydrogens (tertiary/aromatic N) is 1. The molecule has 1 saturated carbocycles. The van der Waals surface area contributed by atoms with E-state index < -0.39 is 11.8 Å². The first-order valence-electron chi connectivity index (χ1n) is 7.07. The normalized spacial score (nSPS) is 20.0. The number of rotatable bonds is 4. The number of benzene rings is 1. The van der Waals surface area contributed by atoms with Gasteiger partial charge in [-0.2, -0.15) is 5.10 Å². The van der Waals surface area contributed by atoms with Gasteiger partial charge in [-0.15, -0.1) is 0 Å². The number of anilines is 1. The van der Waals surface area contributed by atoms with Crippen LogP contribution in [0.1, 0.15) is 43.0 Å². The van der Waals surface area contributed by atoms with Crippen LogP contribution in [0.3, 0.4) is 0 Å². The molecule has 1 aliphatic rings. The highest BCUT2D eigenvalue weighted by Crippen LogP contribution is 2.28. The quantitative estimate of drug-likeness (QED) is 0.591. The van der Waals surface area contributed by atoms with Crippen molar-refractivity contribution in [3.8, 4) is 0 Å². The van der Waals surface area contributed by atoms with Gasteiger partial charge < -0.3 is 5.11 Å². The van der Waals surface area contributed by atoms with E-state index in [-0.39, 0.29) is 15.7 Å². The van der Waals surface area contributed by atoms with Gasteiger partial charge in [0.2, 0.25) is 0 Å². The fourth-order valence-corrected chi connectivity index (χ4v) is 2.86. The van der Waals surface area contributed by atoms with E-state index >= 15 is 0 Å². The van der Waals surface area contributed by atoms with Crippen LogP contribution in [0.2, 0.25) is 0 Å². The van der Waals surface area contributed by atoms with E-state index in [9.17, 15) is 9.18 Å². The van der Waals surface area contributed by atoms with Crippen molar-refractivity contribution >= 4 is 33.3 Å². The van der Waals surface area contributed by atoms with Gasteiger partial charge in [0.05, 0.1) is 15.7 Å². The lowest BCUT2D eigenvalue weighted by molar-refractivity contribution is 0.0697. The van der Waals surface area contributed by atoms with Gasteiger partial charge in [-0.05, 0) is 66.6 Å². The zero-order chi connectivity index (χ0) is 16.3. The molecular formula is C16H18BrFN2O2. The molecule has 4 nitrogen and oxygen atoms in total. The van der Waals surface area contributed by atoms with Crippen molar-refractivity contribution in [2.24, 2.45) is 11.0 Å². The fourth-order valence-electron chi connectivity index (χ4n) is 2.52. The molecular weight excluding hydrogens is 351 g/mol. The SMILES string of the molecule is C=C(C)C1CCC/C(=N\Nc2cc(Br)c(F)cc2C(=O)O)C1. The zero-order valence-corrected chi connectivity index (χ0v) is 13.9. The van der Waals surface area contributed by atoms with Crippen LogP contribution in [0.25, 0.3) is 0 Å². The Balaban J connectivity index is 2.20. The molecule has 0 bridgehead atoms. The maximum absolute atomic E-state index is 13.5. The minimum Gasteiger partial charge on any atom is -0.478 e. The number of hydrogen-bond acceptors (Lipinski definition) is 3. The average Bonchev–Trinajstić information content (AvgIpc) is 2.48. The highest BCUT2D eigenvalue weighted by atomic mass is 79.9. The molecule has 22 heavy (non-hydrogen) atoms. The molecule has 0 aliphatic heterocycles. The Morgan fingerprint density at radius 3 is 2.91 bits per heavy atom. The lowest BCUT2D eigenvalue weighted by atomic mass is 9.84. The molecule has 1 atom stereocenters. The Kier molecular flexibility index (Phi) is 5.34. The standard InChI is InChI=1S/C16H18BrFN2O2/c1-9(2)10-4-3-5-11(6-10)19-20-15-8-13(17)14(18)7-12(15)16(21)22/h7-8,10,20H,1,3-6H2,2H3,(H,21,22)/b19-11+. The van der Waals surface area contributed by atoms with Crippen LogP contribution in [-0.4, -0.2) is 16.8 Å². The van der Waals surface area contributed by atoms with E-state index in [2.05, 4.69) is 33.0 Å². The summed E-state index contributed by atoms with van der Waals surface area (Å²) in [6.45, 7) is 6.00. The van der Waals surface area contributed by atoms with Gasteiger partial charge in [0.15, 0.2) is 0 Å². The van der Waals surface area contributed by atoms with Gasteiger partial charge in [-0.1, -0.05) is 12.2 Å². The van der Waals surface area contributed by atoms with Gasteiger partial charge >= 0.3 is 5.97 Å². The number of carboxylic acids is 1. The molecule has 1 aliphatic carbocycles. The number of carboxylic acid groups (broad SMARTS) is 1. The highest BCUT2D eigenvalue weighted by Gasteiger charge is 2.19. The summed E-state index contributed by atoms with van der Waals surface area (Å²) in [4.78, 5) is 11.2. The number of nitrogens with one attached hydrogen (secondary N) is 1. The zero-order valence-electron chi connectivity index (χ0n) is 12.3. The van der Waals surface area contributed by atoms with Crippen LogP contribution in [0.5, 0.6) is 0 Å². The first kappa shape index (κ1) is 16.7. The largest absolute Gasteiger partial charge is 0.478 e. The molecule has 2 rings (SSSR count). The Labute approximate surface area is 137 Å². The summed E-state index contributed by atoms with van der Waals surface area (Å²) in [5.74, 6) is -1.39. The second-order valence-corrected chi connectivity index (χ2v) is 6.40. The predicted molar refractivity (Wildman–Crippen MR) is 88.9 cm³/mol. The van der Waals surface area contributed by atoms with Gasteiger partial charge in [0.25, 0.3) is 0 Å². The fraction of sp³-hybridized carbons (Fsp3) is 0.375. The molecule has 0 spiro atoms. The Morgan fingerprint density at radius 2 is 2.27 bits per heavy atom. The third-order valence-electron chi connectivity index (χ3n) is 3.82. The molecule has 0 saturated heterocycles. The summed E-state index contributed by atoms with van der Waals surface area (Å²) in [7, 11) is 0. The Hall–Kier alpha value is -1.69. The van der Waals surface area contributed by atoms with Crippen LogP contribution in [-0.2, 0) is 0 Å². The summed E-state index contributed by atoms with van der Waals surface area (Å²) in [6, 6.07) is 2.37. The van der Waals surface area contributed by atoms with Crippen molar-refractivity contribution in [2.75, 3.05) is 5.43 Å². The lowest BCUT2D eigenvalue weighted by Crippen LogP contribution is -2.17. The van der Waals surface area contributed by atoms with Crippen LogP contribution >= 0.6 is 15.9 Å². The molecule has 1 fully saturated rings. The van der Waals surface area contributed by atoms with Gasteiger partial charge in [-0.3, -0.25) is 5.43 Å². The van der Waals surface area contributed by atoms with E-state index in [1.54, 1.807) is 0 Å². The molecule has 0 radical (unpaired) electrons. The van der Waals surface area contributed by atoms with Crippen molar-refractivity contribution in [3.05, 3.63) is 40.1 Å². The van der Waals surface area contributed by atoms with Crippen molar-refractivity contribution < 1.29 is 14.3 Å². The number of carbonyl (C=O) groups is 1. The lowest BCUT2D eigenvalue weighted by Gasteiger charge is -2.23. The maximum atomic E-state index is 13.5. The maximum Gasteiger partial charge on any atom is 0.337 e. The number of hydrogen-bond donors (Lipinski definition) is 2. The van der Waals surface area contributed by atoms with Crippen LogP contribution in [0.4, 0.5) is 10.1 Å². The van der Waals surface area contributed by atoms with Crippen molar-refractivity contribution in [1.29, 1.82) is 0 Å². The van der Waals surface area contributed by atoms with E-state index in [0.717, 1.165) is 43.0 Å². The minimum absolute atomic E-state index is 0.141. The highest BCUT2D eigenvalue weighted by molar-refractivity contribution is 9.10. The smallest absolute Gasteiger partial charge is 0.337 e. The Bertz CT molecular complexity index is 643. The summed E-state index contributed by atoms with van der Waals surface area (Å²) < 4.78 is 13.7. The van der Waals surface area contributed by atoms with Crippen molar-refractivity contribution in [1.82, 2.24) is 0 Å². The molecule has 0 aromatic heterocycles. The summed E-state index contributed by atoms with van der Waals surface area (Å²) in [6.07, 6.45) is 3.85. The number of allylic oxidation sites excluding steroid dienone is 1. The molecule has 2 N–H and O–H groups in total. The number of aromatic carboxylic acids is 1. The number of hydrazone groups is 1. The van der Waals surface area contributed by atoms with Crippen LogP contribution in [0.15, 0.2) is 33.9 Å². The minimum atomic E-state index is -1.20. The summed E-state index contributed by atoms with van der Waals surface area (Å²) in [5.41, 5.74) is 5.02. The second kappa shape index (κ2) is 7.05. The Morgan fingerprint density at radius 1 is 1.55 bits per heavy atom. The van der Waals surface area contributed by atoms with E-state index in [0.29, 0.717) is 5.92 Å². The van der Waals surface area contributed by atoms with E-state index in [1.165, 1.54) is 6.07 Å². The van der Waals surface area contributed by atoms with E-state index in [4.69, 9.17) is 5.11 Å². The third kappa shape index (κ3) is 3.94. The van der Waals surface area contributed by atoms with Crippen LogP contribution < -0.4 is 5.43 Å². The second-order valence-electron chi connectivity index (χ2n) is 5.55. The molecule has 0 amide bonds. The molecule has 118 valence electrons. The monoisotopic (exact) mass is 368 g/mol. The van der Waals surface area contributed by atoms with E-state index in [1.807, 2.05) is 6.92 Å². The molecule has 1 aromatic carbocycles. The summed E-state index contributed by atoms with van der Waals surface area (Å²) >= 11 is 3.06. The molecule has 1 aromatic rings. The van der Waals surface area contributed by atoms with Crippen molar-refractivity contribution in [2.45, 2.75) is 32.6 Å². The molecule has 0 heterocycles. The van der Waals surface area contributed by atoms with Crippen molar-refractivity contribution in [3.63, 3.8) is 0 Å². The topological polar surface area (TPSA) is 61.7 Å². The first-order valence-corrected chi connectivity index (χ1v) is 7.87. The van der Waals surface area contributed by atoms with Gasteiger partial charge in [0, 0.05) is 5.71 Å². The average molecular weight is 369 g/mol. The van der Waals surface area contributed by atoms with Crippen LogP contribution in [0, 0.1) is 11.7 Å². The number of halogens is 2. The molecule has 6 heteroatoms. The summed E-state index contributed by atoms with van der Waals surface area (Å²) in [5, 5.41) is 13.5. The third-order valence-corrected chi connectivity index (χ3v) is 4.43. The predicted octanol–water partition coefficient (Wildman–Crippen LogP) is 4.82.